The van der Waals surface area contributed by atoms with E-state index in [0.717, 1.165) is 12.0 Å². The molecule has 3 rings (SSSR count). The highest BCUT2D eigenvalue weighted by atomic mass is 32.2. The third-order valence-corrected chi connectivity index (χ3v) is 6.04. The Morgan fingerprint density at radius 2 is 2.07 bits per heavy atom. The first-order valence-corrected chi connectivity index (χ1v) is 10.9. The van der Waals surface area contributed by atoms with E-state index in [1.165, 1.54) is 23.1 Å². The largest absolute Gasteiger partial charge is 0.490 e. The number of amides is 1. The highest BCUT2D eigenvalue weighted by Crippen LogP contribution is 2.35. The Kier molecular flexibility index (Phi) is 6.88. The first kappa shape index (κ1) is 20.6. The zero-order valence-corrected chi connectivity index (χ0v) is 17.9. The van der Waals surface area contributed by atoms with Crippen LogP contribution in [-0.2, 0) is 4.79 Å². The lowest BCUT2D eigenvalue weighted by atomic mass is 10.2. The van der Waals surface area contributed by atoms with Gasteiger partial charge >= 0.3 is 5.97 Å². The van der Waals surface area contributed by atoms with Gasteiger partial charge < -0.3 is 9.47 Å². The SMILES string of the molecule is CCCN1C(=O)/C(=C\c2ccc(OC(=O)c3cccs3)c(OCC)c2)SC1=S. The maximum Gasteiger partial charge on any atom is 0.353 e. The van der Waals surface area contributed by atoms with Gasteiger partial charge in [-0.15, -0.1) is 11.3 Å². The minimum absolute atomic E-state index is 0.0805. The fourth-order valence-corrected chi connectivity index (χ4v) is 4.49. The number of rotatable bonds is 7. The van der Waals surface area contributed by atoms with Crippen molar-refractivity contribution in [3.63, 3.8) is 0 Å². The van der Waals surface area contributed by atoms with Crippen molar-refractivity contribution in [3.05, 3.63) is 51.1 Å². The maximum absolute atomic E-state index is 12.5. The average molecular weight is 434 g/mol. The molecule has 0 spiro atoms. The third kappa shape index (κ3) is 4.63. The lowest BCUT2D eigenvalue weighted by Crippen LogP contribution is -2.28. The summed E-state index contributed by atoms with van der Waals surface area (Å²) < 4.78 is 11.7. The lowest BCUT2D eigenvalue weighted by molar-refractivity contribution is -0.122. The smallest absolute Gasteiger partial charge is 0.353 e. The molecule has 0 radical (unpaired) electrons. The third-order valence-electron chi connectivity index (χ3n) is 3.81. The summed E-state index contributed by atoms with van der Waals surface area (Å²) in [6.07, 6.45) is 2.63. The highest BCUT2D eigenvalue weighted by Gasteiger charge is 2.31. The van der Waals surface area contributed by atoms with Crippen LogP contribution in [0.4, 0.5) is 0 Å². The Balaban J connectivity index is 1.83. The monoisotopic (exact) mass is 433 g/mol. The van der Waals surface area contributed by atoms with Crippen molar-refractivity contribution < 1.29 is 19.1 Å². The molecule has 2 aromatic rings. The molecule has 2 heterocycles. The van der Waals surface area contributed by atoms with Crippen LogP contribution in [0.2, 0.25) is 0 Å². The summed E-state index contributed by atoms with van der Waals surface area (Å²) in [5.74, 6) is 0.285. The van der Waals surface area contributed by atoms with E-state index in [9.17, 15) is 9.59 Å². The zero-order valence-electron chi connectivity index (χ0n) is 15.5. The van der Waals surface area contributed by atoms with Crippen molar-refractivity contribution >= 4 is 57.6 Å². The van der Waals surface area contributed by atoms with Gasteiger partial charge in [0.2, 0.25) is 0 Å². The number of thiophene rings is 1. The first-order chi connectivity index (χ1) is 13.5. The second-order valence-corrected chi connectivity index (χ2v) is 8.46. The van der Waals surface area contributed by atoms with Crippen LogP contribution >= 0.6 is 35.3 Å². The molecule has 28 heavy (non-hydrogen) atoms. The summed E-state index contributed by atoms with van der Waals surface area (Å²) in [6.45, 7) is 4.90. The van der Waals surface area contributed by atoms with Crippen molar-refractivity contribution in [3.8, 4) is 11.5 Å². The molecule has 1 saturated heterocycles. The van der Waals surface area contributed by atoms with Gasteiger partial charge in [-0.2, -0.15) is 0 Å². The number of hydrogen-bond donors (Lipinski definition) is 0. The van der Waals surface area contributed by atoms with Crippen molar-refractivity contribution in [1.29, 1.82) is 0 Å². The van der Waals surface area contributed by atoms with Crippen LogP contribution in [0, 0.1) is 0 Å². The van der Waals surface area contributed by atoms with Crippen molar-refractivity contribution in [1.82, 2.24) is 4.90 Å². The Bertz CT molecular complexity index is 922. The number of nitrogens with zero attached hydrogens (tertiary/aromatic N) is 1. The fourth-order valence-electron chi connectivity index (χ4n) is 2.58. The minimum Gasteiger partial charge on any atom is -0.490 e. The molecule has 5 nitrogen and oxygen atoms in total. The Hall–Kier alpha value is -2.16. The van der Waals surface area contributed by atoms with E-state index in [0.29, 0.717) is 38.8 Å². The second kappa shape index (κ2) is 9.36. The standard InChI is InChI=1S/C20H19NO4S3/c1-3-9-21-18(22)17(28-20(21)26)12-13-7-8-14(15(11-13)24-4-2)25-19(23)16-6-5-10-27-16/h5-8,10-12H,3-4,9H2,1-2H3/b17-12+. The number of hydrogen-bond acceptors (Lipinski definition) is 7. The van der Waals surface area contributed by atoms with Crippen LogP contribution < -0.4 is 9.47 Å². The molecule has 8 heteroatoms. The van der Waals surface area contributed by atoms with Gasteiger partial charge in [-0.3, -0.25) is 9.69 Å². The molecule has 0 unspecified atom stereocenters. The molecule has 1 aliphatic rings. The van der Waals surface area contributed by atoms with Crippen molar-refractivity contribution in [2.45, 2.75) is 20.3 Å². The molecule has 0 aliphatic carbocycles. The molecule has 1 aliphatic heterocycles. The summed E-state index contributed by atoms with van der Waals surface area (Å²) in [5, 5.41) is 1.82. The van der Waals surface area contributed by atoms with Gasteiger partial charge in [-0.25, -0.2) is 4.79 Å². The number of carbonyl (C=O) groups excluding carboxylic acids is 2. The summed E-state index contributed by atoms with van der Waals surface area (Å²) in [7, 11) is 0. The zero-order chi connectivity index (χ0) is 20.1. The Morgan fingerprint density at radius 3 is 2.75 bits per heavy atom. The topological polar surface area (TPSA) is 55.8 Å². The quantitative estimate of drug-likeness (QED) is 0.266. The molecule has 1 aromatic carbocycles. The molecular formula is C20H19NO4S3. The molecule has 1 fully saturated rings. The summed E-state index contributed by atoms with van der Waals surface area (Å²) in [5.41, 5.74) is 0.774. The number of ether oxygens (including phenoxy) is 2. The van der Waals surface area contributed by atoms with E-state index in [1.807, 2.05) is 19.2 Å². The molecule has 1 aromatic heterocycles. The van der Waals surface area contributed by atoms with Gasteiger partial charge in [0, 0.05) is 6.54 Å². The predicted molar refractivity (Wildman–Crippen MR) is 117 cm³/mol. The van der Waals surface area contributed by atoms with Gasteiger partial charge in [0.05, 0.1) is 11.5 Å². The van der Waals surface area contributed by atoms with Crippen LogP contribution in [0.25, 0.3) is 6.08 Å². The number of benzene rings is 1. The van der Waals surface area contributed by atoms with Crippen LogP contribution in [0.3, 0.4) is 0 Å². The van der Waals surface area contributed by atoms with Gasteiger partial charge in [0.15, 0.2) is 11.5 Å². The molecule has 0 bridgehead atoms. The average Bonchev–Trinajstić information content (AvgIpc) is 3.29. The van der Waals surface area contributed by atoms with Crippen LogP contribution in [0.5, 0.6) is 11.5 Å². The first-order valence-electron chi connectivity index (χ1n) is 8.81. The number of carbonyl (C=O) groups is 2. The van der Waals surface area contributed by atoms with Crippen molar-refractivity contribution in [2.24, 2.45) is 0 Å². The normalized spacial score (nSPS) is 15.4. The summed E-state index contributed by atoms with van der Waals surface area (Å²) in [4.78, 5) is 27.4. The Morgan fingerprint density at radius 1 is 1.25 bits per heavy atom. The molecule has 146 valence electrons. The van der Waals surface area contributed by atoms with Crippen LogP contribution in [0.15, 0.2) is 40.6 Å². The Labute approximate surface area is 177 Å². The molecular weight excluding hydrogens is 414 g/mol. The highest BCUT2D eigenvalue weighted by molar-refractivity contribution is 8.26. The molecule has 0 atom stereocenters. The van der Waals surface area contributed by atoms with E-state index in [1.54, 1.807) is 41.3 Å². The van der Waals surface area contributed by atoms with Gasteiger partial charge in [-0.1, -0.05) is 43.0 Å². The van der Waals surface area contributed by atoms with E-state index in [-0.39, 0.29) is 5.91 Å². The number of esters is 1. The second-order valence-electron chi connectivity index (χ2n) is 5.84. The molecule has 1 amide bonds. The predicted octanol–water partition coefficient (Wildman–Crippen LogP) is 4.98. The van der Waals surface area contributed by atoms with E-state index in [4.69, 9.17) is 21.7 Å². The summed E-state index contributed by atoms with van der Waals surface area (Å²) in [6, 6.07) is 8.72. The van der Waals surface area contributed by atoms with Gasteiger partial charge in [0.25, 0.3) is 5.91 Å². The number of thioether (sulfide) groups is 1. The van der Waals surface area contributed by atoms with Crippen LogP contribution in [0.1, 0.15) is 35.5 Å². The van der Waals surface area contributed by atoms with Gasteiger partial charge in [-0.05, 0) is 48.6 Å². The maximum atomic E-state index is 12.5. The van der Waals surface area contributed by atoms with E-state index >= 15 is 0 Å². The van der Waals surface area contributed by atoms with Crippen LogP contribution in [-0.4, -0.2) is 34.2 Å². The number of thiocarbonyl (C=S) groups is 1. The van der Waals surface area contributed by atoms with E-state index < -0.39 is 5.97 Å². The molecule has 0 N–H and O–H groups in total. The summed E-state index contributed by atoms with van der Waals surface area (Å²) >= 11 is 7.91. The molecule has 0 saturated carbocycles. The van der Waals surface area contributed by atoms with E-state index in [2.05, 4.69) is 0 Å². The fraction of sp³-hybridized carbons (Fsp3) is 0.250. The lowest BCUT2D eigenvalue weighted by Gasteiger charge is -2.12. The van der Waals surface area contributed by atoms with Gasteiger partial charge in [0.1, 0.15) is 9.20 Å². The minimum atomic E-state index is -0.427. The van der Waals surface area contributed by atoms with Crippen molar-refractivity contribution in [2.75, 3.05) is 13.2 Å².